The van der Waals surface area contributed by atoms with Gasteiger partial charge in [-0.05, 0) is 49.2 Å². The van der Waals surface area contributed by atoms with Crippen LogP contribution in [0.5, 0.6) is 0 Å². The van der Waals surface area contributed by atoms with E-state index in [4.69, 9.17) is 9.97 Å². The summed E-state index contributed by atoms with van der Waals surface area (Å²) < 4.78 is 0. The minimum atomic E-state index is 0.0687. The Bertz CT molecular complexity index is 1800. The summed E-state index contributed by atoms with van der Waals surface area (Å²) in [5.41, 5.74) is 7.48. The van der Waals surface area contributed by atoms with Crippen LogP contribution in [-0.2, 0) is 4.79 Å². The van der Waals surface area contributed by atoms with Crippen LogP contribution in [0.15, 0.2) is 67.4 Å². The number of hydrogen-bond acceptors (Lipinski definition) is 7. The lowest BCUT2D eigenvalue weighted by atomic mass is 9.88. The number of rotatable bonds is 5. The predicted molar refractivity (Wildman–Crippen MR) is 148 cm³/mol. The van der Waals surface area contributed by atoms with Crippen LogP contribution in [0, 0.1) is 5.92 Å². The van der Waals surface area contributed by atoms with Gasteiger partial charge in [0.15, 0.2) is 11.5 Å². The number of aromatic amines is 2. The number of carbonyl (C=O) groups is 1. The van der Waals surface area contributed by atoms with Gasteiger partial charge in [-0.2, -0.15) is 5.10 Å². The molecule has 6 aromatic rings. The van der Waals surface area contributed by atoms with E-state index in [2.05, 4.69) is 35.5 Å². The second-order valence-corrected chi connectivity index (χ2v) is 9.83. The molecule has 39 heavy (non-hydrogen) atoms. The number of H-pyrrole nitrogens is 2. The zero-order chi connectivity index (χ0) is 26.2. The van der Waals surface area contributed by atoms with Gasteiger partial charge in [-0.15, -0.1) is 0 Å². The van der Waals surface area contributed by atoms with Crippen molar-refractivity contribution in [2.24, 2.45) is 5.92 Å². The zero-order valence-electron chi connectivity index (χ0n) is 21.1. The minimum absolute atomic E-state index is 0.0687. The quantitative estimate of drug-likeness (QED) is 0.274. The molecule has 6 aromatic heterocycles. The summed E-state index contributed by atoms with van der Waals surface area (Å²) in [7, 11) is 0. The Hall–Kier alpha value is -4.99. The number of nitrogens with zero attached hydrogens (tertiary/aromatic N) is 6. The van der Waals surface area contributed by atoms with E-state index in [1.54, 1.807) is 31.0 Å². The first-order chi connectivity index (χ1) is 19.2. The topological polar surface area (TPSA) is 138 Å². The van der Waals surface area contributed by atoms with Crippen LogP contribution < -0.4 is 5.32 Å². The molecule has 3 N–H and O–H groups in total. The Kier molecular flexibility index (Phi) is 5.77. The summed E-state index contributed by atoms with van der Waals surface area (Å²) in [4.78, 5) is 39.0. The molecule has 0 aliphatic heterocycles. The number of nitrogens with one attached hydrogen (secondary N) is 3. The highest BCUT2D eigenvalue weighted by atomic mass is 16.1. The van der Waals surface area contributed by atoms with Gasteiger partial charge in [0, 0.05) is 41.8 Å². The predicted octanol–water partition coefficient (Wildman–Crippen LogP) is 5.54. The highest BCUT2D eigenvalue weighted by molar-refractivity contribution is 5.95. The van der Waals surface area contributed by atoms with Crippen LogP contribution in [0.4, 0.5) is 5.69 Å². The maximum absolute atomic E-state index is 12.8. The second-order valence-electron chi connectivity index (χ2n) is 9.83. The molecule has 0 unspecified atom stereocenters. The SMILES string of the molecule is O=C(Nc1cncc(-c2ccc3[nH]nc(-c4nc5c(-c6cccnc6)nccc5[nH]4)c3n2)c1)C1CCCCC1. The third-order valence-corrected chi connectivity index (χ3v) is 7.25. The van der Waals surface area contributed by atoms with Gasteiger partial charge in [0.2, 0.25) is 5.91 Å². The van der Waals surface area contributed by atoms with Crippen molar-refractivity contribution < 1.29 is 4.79 Å². The van der Waals surface area contributed by atoms with E-state index in [0.29, 0.717) is 22.7 Å². The van der Waals surface area contributed by atoms with Crippen LogP contribution in [0.3, 0.4) is 0 Å². The van der Waals surface area contributed by atoms with Crippen molar-refractivity contribution in [3.63, 3.8) is 0 Å². The highest BCUT2D eigenvalue weighted by Gasteiger charge is 2.22. The summed E-state index contributed by atoms with van der Waals surface area (Å²) in [5.74, 6) is 0.730. The standard InChI is InChI=1S/C29H25N9O/c39-29(17-5-2-1-3-6-17)33-20-13-19(15-31-16-20)21-8-9-23-26(34-21)27(38-37-23)28-35-22-10-12-32-24(25(22)36-28)18-7-4-11-30-14-18/h4,7-17H,1-3,5-6H2,(H,33,39)(H,35,36)(H,37,38). The first-order valence-electron chi connectivity index (χ1n) is 13.1. The molecule has 0 bridgehead atoms. The molecule has 7 rings (SSSR count). The normalized spacial score (nSPS) is 14.2. The molecule has 0 spiro atoms. The average molecular weight is 516 g/mol. The van der Waals surface area contributed by atoms with E-state index in [1.165, 1.54) is 6.42 Å². The second kappa shape index (κ2) is 9.71. The molecule has 1 saturated carbocycles. The van der Waals surface area contributed by atoms with Crippen molar-refractivity contribution in [3.05, 3.63) is 67.4 Å². The number of aromatic nitrogens is 8. The number of pyridine rings is 4. The van der Waals surface area contributed by atoms with Crippen molar-refractivity contribution in [1.82, 2.24) is 40.1 Å². The van der Waals surface area contributed by atoms with Gasteiger partial charge in [0.1, 0.15) is 11.0 Å². The lowest BCUT2D eigenvalue weighted by Gasteiger charge is -2.20. The number of carbonyl (C=O) groups excluding carboxylic acids is 1. The van der Waals surface area contributed by atoms with Crippen molar-refractivity contribution in [1.29, 1.82) is 0 Å². The third kappa shape index (κ3) is 4.39. The highest BCUT2D eigenvalue weighted by Crippen LogP contribution is 2.31. The van der Waals surface area contributed by atoms with Crippen molar-refractivity contribution in [2.45, 2.75) is 32.1 Å². The Morgan fingerprint density at radius 3 is 2.59 bits per heavy atom. The fourth-order valence-electron chi connectivity index (χ4n) is 5.24. The van der Waals surface area contributed by atoms with E-state index in [0.717, 1.165) is 64.7 Å². The number of amides is 1. The molecule has 1 amide bonds. The fourth-order valence-corrected chi connectivity index (χ4v) is 5.24. The fraction of sp³-hybridized carbons (Fsp3) is 0.207. The van der Waals surface area contributed by atoms with Gasteiger partial charge >= 0.3 is 0 Å². The molecule has 0 radical (unpaired) electrons. The van der Waals surface area contributed by atoms with Crippen LogP contribution in [0.25, 0.3) is 56.1 Å². The first kappa shape index (κ1) is 23.2. The average Bonchev–Trinajstić information content (AvgIpc) is 3.62. The van der Waals surface area contributed by atoms with Gasteiger partial charge in [-0.3, -0.25) is 24.8 Å². The molecule has 6 heterocycles. The number of anilines is 1. The largest absolute Gasteiger partial charge is 0.336 e. The van der Waals surface area contributed by atoms with Gasteiger partial charge in [0.05, 0.1) is 34.3 Å². The molecule has 0 aromatic carbocycles. The lowest BCUT2D eigenvalue weighted by molar-refractivity contribution is -0.120. The van der Waals surface area contributed by atoms with E-state index >= 15 is 0 Å². The maximum atomic E-state index is 12.8. The molecule has 0 saturated heterocycles. The molecule has 1 aliphatic carbocycles. The summed E-state index contributed by atoms with van der Waals surface area (Å²) in [6.45, 7) is 0. The summed E-state index contributed by atoms with van der Waals surface area (Å²) in [5, 5.41) is 10.6. The van der Waals surface area contributed by atoms with E-state index in [9.17, 15) is 4.79 Å². The molecule has 10 heteroatoms. The van der Waals surface area contributed by atoms with E-state index in [-0.39, 0.29) is 11.8 Å². The van der Waals surface area contributed by atoms with Gasteiger partial charge in [0.25, 0.3) is 0 Å². The van der Waals surface area contributed by atoms with Crippen molar-refractivity contribution >= 4 is 33.7 Å². The molecule has 1 fully saturated rings. The molecular weight excluding hydrogens is 490 g/mol. The van der Waals surface area contributed by atoms with Crippen molar-refractivity contribution in [2.75, 3.05) is 5.32 Å². The minimum Gasteiger partial charge on any atom is -0.336 e. The van der Waals surface area contributed by atoms with Gasteiger partial charge in [-0.25, -0.2) is 9.97 Å². The Labute approximate surface area is 223 Å². The molecule has 10 nitrogen and oxygen atoms in total. The molecule has 192 valence electrons. The molecular formula is C29H25N9O. The first-order valence-corrected chi connectivity index (χ1v) is 13.1. The number of fused-ring (bicyclic) bond motifs is 2. The monoisotopic (exact) mass is 515 g/mol. The summed E-state index contributed by atoms with van der Waals surface area (Å²) in [6.07, 6.45) is 14.0. The van der Waals surface area contributed by atoms with Gasteiger partial charge in [-0.1, -0.05) is 19.3 Å². The van der Waals surface area contributed by atoms with E-state index in [1.807, 2.05) is 36.4 Å². The summed E-state index contributed by atoms with van der Waals surface area (Å²) in [6, 6.07) is 11.5. The number of hydrogen-bond donors (Lipinski definition) is 3. The smallest absolute Gasteiger partial charge is 0.227 e. The lowest BCUT2D eigenvalue weighted by Crippen LogP contribution is -2.24. The Morgan fingerprint density at radius 2 is 1.72 bits per heavy atom. The van der Waals surface area contributed by atoms with Crippen LogP contribution in [0.2, 0.25) is 0 Å². The Morgan fingerprint density at radius 1 is 0.846 bits per heavy atom. The van der Waals surface area contributed by atoms with Crippen molar-refractivity contribution in [3.8, 4) is 34.0 Å². The molecule has 1 aliphatic rings. The van der Waals surface area contributed by atoms with Crippen LogP contribution >= 0.6 is 0 Å². The maximum Gasteiger partial charge on any atom is 0.227 e. The Balaban J connectivity index is 1.23. The van der Waals surface area contributed by atoms with Crippen LogP contribution in [0.1, 0.15) is 32.1 Å². The zero-order valence-corrected chi connectivity index (χ0v) is 21.1. The van der Waals surface area contributed by atoms with E-state index < -0.39 is 0 Å². The van der Waals surface area contributed by atoms with Crippen LogP contribution in [-0.4, -0.2) is 46.0 Å². The number of imidazole rings is 1. The third-order valence-electron chi connectivity index (χ3n) is 7.25. The van der Waals surface area contributed by atoms with Gasteiger partial charge < -0.3 is 10.3 Å². The molecule has 0 atom stereocenters. The summed E-state index contributed by atoms with van der Waals surface area (Å²) >= 11 is 0.